The lowest BCUT2D eigenvalue weighted by atomic mass is 10.1. The highest BCUT2D eigenvalue weighted by Crippen LogP contribution is 2.03. The molecule has 0 heterocycles. The third-order valence-electron chi connectivity index (χ3n) is 3.33. The molecule has 3 unspecified atom stereocenters. The normalized spacial score (nSPS) is 17.1. The maximum Gasteiger partial charge on any atom is 0.323 e. The molecule has 3 N–H and O–H groups in total. The quantitative estimate of drug-likeness (QED) is 0.287. The second-order valence-electron chi connectivity index (χ2n) is 6.79. The Kier molecular flexibility index (Phi) is 11.4. The van der Waals surface area contributed by atoms with Gasteiger partial charge in [-0.05, 0) is 47.5 Å². The molecule has 0 rings (SSSR count). The van der Waals surface area contributed by atoms with Crippen LogP contribution in [0.3, 0.4) is 0 Å². The number of hydrogen-bond acceptors (Lipinski definition) is 6. The fraction of sp³-hybridized carbons (Fsp3) is 0.941. The smallest absolute Gasteiger partial charge is 0.323 e. The van der Waals surface area contributed by atoms with Crippen molar-refractivity contribution in [1.29, 1.82) is 0 Å². The Morgan fingerprint density at radius 3 is 2.17 bits per heavy atom. The highest BCUT2D eigenvalue weighted by molar-refractivity contribution is 5.75. The lowest BCUT2D eigenvalue weighted by Crippen LogP contribution is -2.43. The second kappa shape index (κ2) is 11.8. The van der Waals surface area contributed by atoms with Gasteiger partial charge in [-0.3, -0.25) is 4.79 Å². The number of carbonyl (C=O) groups excluding carboxylic acids is 1. The third-order valence-corrected chi connectivity index (χ3v) is 3.33. The first-order chi connectivity index (χ1) is 10.6. The molecule has 0 fully saturated rings. The first kappa shape index (κ1) is 22.3. The molecule has 0 radical (unpaired) electrons. The summed E-state index contributed by atoms with van der Waals surface area (Å²) in [5, 5.41) is 16.3. The summed E-state index contributed by atoms with van der Waals surface area (Å²) < 4.78 is 10.6. The molecule has 0 aromatic carbocycles. The van der Waals surface area contributed by atoms with Gasteiger partial charge in [0, 0.05) is 18.7 Å². The van der Waals surface area contributed by atoms with E-state index in [1.54, 1.807) is 6.92 Å². The molecule has 23 heavy (non-hydrogen) atoms. The summed E-state index contributed by atoms with van der Waals surface area (Å²) in [6.07, 6.45) is 0.767. The number of ether oxygens (including phenoxy) is 2. The summed E-state index contributed by atoms with van der Waals surface area (Å²) in [7, 11) is 0. The molecule has 0 spiro atoms. The van der Waals surface area contributed by atoms with E-state index < -0.39 is 6.29 Å². The molecule has 4 atom stereocenters. The molecule has 0 aliphatic rings. The summed E-state index contributed by atoms with van der Waals surface area (Å²) in [6, 6.07) is 0.0572. The molecule has 0 saturated carbocycles. The maximum absolute atomic E-state index is 11.7. The van der Waals surface area contributed by atoms with Crippen molar-refractivity contribution in [2.75, 3.05) is 6.61 Å². The molecular formula is C17H36N2O4. The lowest BCUT2D eigenvalue weighted by molar-refractivity contribution is -0.149. The standard InChI is InChI=1S/C17H36N2O4/c1-11(2)18-14(6)16(20)22-10-8-9-13(5)19-15(7)17(21)23-12(3)4/h11-16,18-20H,8-10H2,1-7H3/t13?,14?,15-,16?/m0/s1. The number of aliphatic hydroxyl groups excluding tert-OH is 1. The Morgan fingerprint density at radius 1 is 1.04 bits per heavy atom. The fourth-order valence-corrected chi connectivity index (χ4v) is 2.26. The van der Waals surface area contributed by atoms with Crippen LogP contribution in [0.5, 0.6) is 0 Å². The fourth-order valence-electron chi connectivity index (χ4n) is 2.26. The Balaban J connectivity index is 3.85. The van der Waals surface area contributed by atoms with E-state index in [4.69, 9.17) is 9.47 Å². The number of hydrogen-bond donors (Lipinski definition) is 3. The minimum atomic E-state index is -0.805. The minimum absolute atomic E-state index is 0.0987. The van der Waals surface area contributed by atoms with Crippen molar-refractivity contribution in [3.8, 4) is 0 Å². The van der Waals surface area contributed by atoms with Crippen LogP contribution in [0.1, 0.15) is 61.3 Å². The van der Waals surface area contributed by atoms with Crippen LogP contribution in [-0.4, -0.2) is 54.2 Å². The van der Waals surface area contributed by atoms with E-state index in [2.05, 4.69) is 10.6 Å². The zero-order chi connectivity index (χ0) is 18.0. The van der Waals surface area contributed by atoms with Crippen molar-refractivity contribution in [2.24, 2.45) is 0 Å². The molecular weight excluding hydrogens is 296 g/mol. The zero-order valence-electron chi connectivity index (χ0n) is 15.8. The minimum Gasteiger partial charge on any atom is -0.462 e. The number of esters is 1. The van der Waals surface area contributed by atoms with Crippen LogP contribution >= 0.6 is 0 Å². The molecule has 0 saturated heterocycles. The summed E-state index contributed by atoms with van der Waals surface area (Å²) in [6.45, 7) is 14.0. The van der Waals surface area contributed by atoms with Crippen LogP contribution in [0.4, 0.5) is 0 Å². The Bertz CT molecular complexity index is 324. The van der Waals surface area contributed by atoms with E-state index in [9.17, 15) is 9.90 Å². The summed E-state index contributed by atoms with van der Waals surface area (Å²) >= 11 is 0. The predicted molar refractivity (Wildman–Crippen MR) is 92.2 cm³/mol. The van der Waals surface area contributed by atoms with Crippen molar-refractivity contribution >= 4 is 5.97 Å². The van der Waals surface area contributed by atoms with Crippen molar-refractivity contribution in [2.45, 2.75) is 97.9 Å². The van der Waals surface area contributed by atoms with Crippen molar-refractivity contribution in [3.63, 3.8) is 0 Å². The van der Waals surface area contributed by atoms with Crippen molar-refractivity contribution < 1.29 is 19.4 Å². The zero-order valence-corrected chi connectivity index (χ0v) is 15.8. The van der Waals surface area contributed by atoms with Gasteiger partial charge in [0.1, 0.15) is 6.04 Å². The van der Waals surface area contributed by atoms with Crippen LogP contribution < -0.4 is 10.6 Å². The van der Waals surface area contributed by atoms with Crippen LogP contribution in [0.2, 0.25) is 0 Å². The summed E-state index contributed by atoms with van der Waals surface area (Å²) in [5.74, 6) is -0.230. The Hall–Kier alpha value is -0.690. The van der Waals surface area contributed by atoms with Crippen LogP contribution in [0.15, 0.2) is 0 Å². The molecule has 138 valence electrons. The topological polar surface area (TPSA) is 79.8 Å². The van der Waals surface area contributed by atoms with E-state index in [1.165, 1.54) is 0 Å². The molecule has 0 aliphatic carbocycles. The maximum atomic E-state index is 11.7. The van der Waals surface area contributed by atoms with Crippen LogP contribution in [0.25, 0.3) is 0 Å². The van der Waals surface area contributed by atoms with Gasteiger partial charge in [-0.1, -0.05) is 13.8 Å². The highest BCUT2D eigenvalue weighted by atomic mass is 16.6. The van der Waals surface area contributed by atoms with Gasteiger partial charge in [0.15, 0.2) is 6.29 Å². The van der Waals surface area contributed by atoms with Gasteiger partial charge >= 0.3 is 5.97 Å². The number of carbonyl (C=O) groups is 1. The lowest BCUT2D eigenvalue weighted by Gasteiger charge is -2.23. The SMILES string of the molecule is CC(C)NC(C)C(O)OCCCC(C)N[C@@H](C)C(=O)OC(C)C. The average molecular weight is 332 g/mol. The highest BCUT2D eigenvalue weighted by Gasteiger charge is 2.18. The number of rotatable bonds is 12. The van der Waals surface area contributed by atoms with Crippen molar-refractivity contribution in [1.82, 2.24) is 10.6 Å². The molecule has 0 aromatic rings. The van der Waals surface area contributed by atoms with Gasteiger partial charge < -0.3 is 25.2 Å². The number of aliphatic hydroxyl groups is 1. The van der Waals surface area contributed by atoms with E-state index in [-0.39, 0.29) is 30.2 Å². The predicted octanol–water partition coefficient (Wildman–Crippen LogP) is 1.81. The second-order valence-corrected chi connectivity index (χ2v) is 6.79. The van der Waals surface area contributed by atoms with Crippen molar-refractivity contribution in [3.05, 3.63) is 0 Å². The first-order valence-corrected chi connectivity index (χ1v) is 8.65. The van der Waals surface area contributed by atoms with Crippen LogP contribution in [0, 0.1) is 0 Å². The van der Waals surface area contributed by atoms with E-state index >= 15 is 0 Å². The summed E-state index contributed by atoms with van der Waals surface area (Å²) in [4.78, 5) is 11.7. The Labute approximate surface area is 141 Å². The third kappa shape index (κ3) is 11.5. The van der Waals surface area contributed by atoms with E-state index in [0.717, 1.165) is 12.8 Å². The van der Waals surface area contributed by atoms with Gasteiger partial charge in [0.2, 0.25) is 0 Å². The van der Waals surface area contributed by atoms with Gasteiger partial charge in [-0.15, -0.1) is 0 Å². The molecule has 6 nitrogen and oxygen atoms in total. The molecule has 0 amide bonds. The molecule has 0 bridgehead atoms. The van der Waals surface area contributed by atoms with Gasteiger partial charge in [-0.2, -0.15) is 0 Å². The molecule has 6 heteroatoms. The number of nitrogens with one attached hydrogen (secondary N) is 2. The Morgan fingerprint density at radius 2 is 1.65 bits per heavy atom. The van der Waals surface area contributed by atoms with E-state index in [1.807, 2.05) is 41.5 Å². The van der Waals surface area contributed by atoms with Gasteiger partial charge in [-0.25, -0.2) is 0 Å². The monoisotopic (exact) mass is 332 g/mol. The van der Waals surface area contributed by atoms with Gasteiger partial charge in [0.25, 0.3) is 0 Å². The first-order valence-electron chi connectivity index (χ1n) is 8.65. The van der Waals surface area contributed by atoms with Gasteiger partial charge in [0.05, 0.1) is 12.1 Å². The average Bonchev–Trinajstić information content (AvgIpc) is 2.41. The summed E-state index contributed by atoms with van der Waals surface area (Å²) in [5.41, 5.74) is 0. The van der Waals surface area contributed by atoms with Crippen LogP contribution in [-0.2, 0) is 14.3 Å². The van der Waals surface area contributed by atoms with E-state index in [0.29, 0.717) is 12.6 Å². The molecule has 0 aromatic heterocycles. The largest absolute Gasteiger partial charge is 0.462 e. The molecule has 0 aliphatic heterocycles.